The quantitative estimate of drug-likeness (QED) is 0.472. The van der Waals surface area contributed by atoms with E-state index < -0.39 is 15.6 Å². The van der Waals surface area contributed by atoms with Gasteiger partial charge in [-0.05, 0) is 18.2 Å². The van der Waals surface area contributed by atoms with E-state index in [1.807, 2.05) is 11.0 Å². The molecule has 1 aromatic carbocycles. The molecular weight excluding hydrogens is 406 g/mol. The van der Waals surface area contributed by atoms with Crippen molar-refractivity contribution < 1.29 is 13.2 Å². The van der Waals surface area contributed by atoms with Gasteiger partial charge < -0.3 is 20.8 Å². The number of amidine groups is 1. The lowest BCUT2D eigenvalue weighted by molar-refractivity contribution is 0.332. The van der Waals surface area contributed by atoms with E-state index in [1.54, 1.807) is 19.2 Å². The topological polar surface area (TPSA) is 152 Å². The number of aromatic nitrogens is 2. The molecule has 0 radical (unpaired) electrons. The number of ether oxygens (including phenoxy) is 1. The Kier molecular flexibility index (Phi) is 5.15. The number of imidazole rings is 1. The van der Waals surface area contributed by atoms with Crippen LogP contribution in [0.4, 0.5) is 5.82 Å². The molecule has 11 heteroatoms. The molecule has 10 nitrogen and oxygen atoms in total. The summed E-state index contributed by atoms with van der Waals surface area (Å²) in [6.45, 7) is 1.52. The van der Waals surface area contributed by atoms with E-state index in [9.17, 15) is 8.42 Å². The van der Waals surface area contributed by atoms with Gasteiger partial charge in [0.1, 0.15) is 11.4 Å². The second kappa shape index (κ2) is 7.64. The number of aliphatic imine (C=N–C) groups is 1. The lowest BCUT2D eigenvalue weighted by Crippen LogP contribution is -2.47. The van der Waals surface area contributed by atoms with Crippen LogP contribution in [0.15, 0.2) is 29.5 Å². The molecule has 0 aliphatic carbocycles. The van der Waals surface area contributed by atoms with E-state index in [0.717, 1.165) is 5.56 Å². The van der Waals surface area contributed by atoms with Crippen LogP contribution in [0.25, 0.3) is 0 Å². The fraction of sp³-hybridized carbons (Fsp3) is 0.368. The number of nitrogens with zero attached hydrogens (tertiary/aromatic N) is 3. The molecular formula is C19H23N7O3S. The number of methoxy groups -OCH3 is 1. The summed E-state index contributed by atoms with van der Waals surface area (Å²) in [7, 11) is -1.35. The van der Waals surface area contributed by atoms with Gasteiger partial charge in [0.25, 0.3) is 0 Å². The normalized spacial score (nSPS) is 22.8. The standard InChI is InChI=1S/C19H23N7O3S/c1-29-15-11-13(3-2-6-26-7-9-30(27,28)10-8-26)4-5-14(15)19(21)24-17(20)16-18(25-19)23-12-22-16/h4-5,11-12,25H,6-10,21H2,1H3,(H2,20,24)(H,22,23). The van der Waals surface area contributed by atoms with Gasteiger partial charge in [0.05, 0.1) is 37.1 Å². The van der Waals surface area contributed by atoms with E-state index in [2.05, 4.69) is 32.1 Å². The van der Waals surface area contributed by atoms with Gasteiger partial charge in [0, 0.05) is 18.7 Å². The van der Waals surface area contributed by atoms with E-state index in [4.69, 9.17) is 16.2 Å². The summed E-state index contributed by atoms with van der Waals surface area (Å²) in [4.78, 5) is 13.5. The van der Waals surface area contributed by atoms with Crippen LogP contribution in [0.5, 0.6) is 5.75 Å². The molecule has 30 heavy (non-hydrogen) atoms. The van der Waals surface area contributed by atoms with Crippen LogP contribution in [0.2, 0.25) is 0 Å². The minimum absolute atomic E-state index is 0.185. The number of hydrogen-bond donors (Lipinski definition) is 4. The van der Waals surface area contributed by atoms with E-state index in [0.29, 0.717) is 42.5 Å². The number of H-pyrrole nitrogens is 1. The average Bonchev–Trinajstić information content (AvgIpc) is 3.17. The Bertz CT molecular complexity index is 1150. The van der Waals surface area contributed by atoms with Crippen molar-refractivity contribution in [2.45, 2.75) is 5.79 Å². The Morgan fingerprint density at radius 1 is 1.33 bits per heavy atom. The third-order valence-corrected chi connectivity index (χ3v) is 6.69. The van der Waals surface area contributed by atoms with Gasteiger partial charge in [-0.2, -0.15) is 0 Å². The second-order valence-electron chi connectivity index (χ2n) is 7.16. The third-order valence-electron chi connectivity index (χ3n) is 5.09. The number of anilines is 1. The van der Waals surface area contributed by atoms with Crippen molar-refractivity contribution >= 4 is 21.5 Å². The summed E-state index contributed by atoms with van der Waals surface area (Å²) in [6, 6.07) is 5.40. The largest absolute Gasteiger partial charge is 0.496 e. The van der Waals surface area contributed by atoms with Crippen molar-refractivity contribution in [1.29, 1.82) is 0 Å². The zero-order valence-electron chi connectivity index (χ0n) is 16.5. The minimum atomic E-state index is -2.89. The van der Waals surface area contributed by atoms with Crippen LogP contribution in [0, 0.1) is 11.8 Å². The monoisotopic (exact) mass is 429 g/mol. The molecule has 1 saturated heterocycles. The Labute approximate surface area is 174 Å². The van der Waals surface area contributed by atoms with Gasteiger partial charge in [-0.3, -0.25) is 10.6 Å². The molecule has 1 aromatic heterocycles. The minimum Gasteiger partial charge on any atom is -0.496 e. The van der Waals surface area contributed by atoms with E-state index in [1.165, 1.54) is 6.33 Å². The summed E-state index contributed by atoms with van der Waals surface area (Å²) < 4.78 is 28.5. The molecule has 158 valence electrons. The van der Waals surface area contributed by atoms with Crippen molar-refractivity contribution in [3.63, 3.8) is 0 Å². The van der Waals surface area contributed by atoms with Crippen LogP contribution in [-0.2, 0) is 15.6 Å². The maximum atomic E-state index is 11.5. The maximum absolute atomic E-state index is 11.5. The lowest BCUT2D eigenvalue weighted by Gasteiger charge is -2.32. The summed E-state index contributed by atoms with van der Waals surface area (Å²) in [6.07, 6.45) is 1.51. The number of nitrogens with two attached hydrogens (primary N) is 2. The van der Waals surface area contributed by atoms with Gasteiger partial charge in [0.15, 0.2) is 21.5 Å². The van der Waals surface area contributed by atoms with Gasteiger partial charge in [0.2, 0.25) is 5.79 Å². The molecule has 1 unspecified atom stereocenters. The number of fused-ring (bicyclic) bond motifs is 1. The Morgan fingerprint density at radius 2 is 2.10 bits per heavy atom. The smallest absolute Gasteiger partial charge is 0.216 e. The molecule has 2 aliphatic rings. The zero-order chi connectivity index (χ0) is 21.4. The van der Waals surface area contributed by atoms with E-state index >= 15 is 0 Å². The highest BCUT2D eigenvalue weighted by atomic mass is 32.2. The number of hydrogen-bond acceptors (Lipinski definition) is 9. The number of sulfone groups is 1. The Hall–Kier alpha value is -3.07. The highest BCUT2D eigenvalue weighted by molar-refractivity contribution is 7.91. The Balaban J connectivity index is 1.53. The lowest BCUT2D eigenvalue weighted by atomic mass is 10.0. The summed E-state index contributed by atoms with van der Waals surface area (Å²) in [5.41, 5.74) is 14.4. The van der Waals surface area contributed by atoms with E-state index in [-0.39, 0.29) is 17.3 Å². The van der Waals surface area contributed by atoms with Crippen molar-refractivity contribution in [1.82, 2.24) is 14.9 Å². The highest BCUT2D eigenvalue weighted by Gasteiger charge is 2.36. The van der Waals surface area contributed by atoms with Crippen molar-refractivity contribution in [2.75, 3.05) is 43.6 Å². The van der Waals surface area contributed by atoms with Crippen LogP contribution in [0.3, 0.4) is 0 Å². The van der Waals surface area contributed by atoms with Crippen molar-refractivity contribution in [2.24, 2.45) is 16.5 Å². The molecule has 0 bridgehead atoms. The molecule has 1 atom stereocenters. The fourth-order valence-corrected chi connectivity index (χ4v) is 4.69. The first-order valence-electron chi connectivity index (χ1n) is 9.36. The van der Waals surface area contributed by atoms with Crippen molar-refractivity contribution in [3.8, 4) is 17.6 Å². The first-order chi connectivity index (χ1) is 14.3. The first-order valence-corrected chi connectivity index (χ1v) is 11.2. The van der Waals surface area contributed by atoms with Gasteiger partial charge in [-0.1, -0.05) is 11.8 Å². The summed E-state index contributed by atoms with van der Waals surface area (Å²) in [5, 5.41) is 3.08. The second-order valence-corrected chi connectivity index (χ2v) is 9.46. The van der Waals surface area contributed by atoms with Crippen LogP contribution in [-0.4, -0.2) is 67.4 Å². The van der Waals surface area contributed by atoms with Gasteiger partial charge >= 0.3 is 0 Å². The number of nitrogens with one attached hydrogen (secondary N) is 2. The molecule has 2 aromatic rings. The molecule has 0 saturated carbocycles. The van der Waals surface area contributed by atoms with Crippen LogP contribution < -0.4 is 21.5 Å². The van der Waals surface area contributed by atoms with Crippen LogP contribution in [0.1, 0.15) is 16.8 Å². The molecule has 0 amide bonds. The SMILES string of the molecule is COc1cc(C#CCN2CCS(=O)(=O)CC2)ccc1C1(N)N=C(N)c2[nH]cnc2N1. The fourth-order valence-electron chi connectivity index (χ4n) is 3.41. The number of rotatable bonds is 3. The third kappa shape index (κ3) is 3.97. The molecule has 1 fully saturated rings. The van der Waals surface area contributed by atoms with Gasteiger partial charge in [-0.25, -0.2) is 18.4 Å². The van der Waals surface area contributed by atoms with Crippen LogP contribution >= 0.6 is 0 Å². The maximum Gasteiger partial charge on any atom is 0.216 e. The first kappa shape index (κ1) is 20.2. The average molecular weight is 430 g/mol. The van der Waals surface area contributed by atoms with Gasteiger partial charge in [-0.15, -0.1) is 0 Å². The molecule has 0 spiro atoms. The molecule has 3 heterocycles. The molecule has 2 aliphatic heterocycles. The zero-order valence-corrected chi connectivity index (χ0v) is 17.3. The summed E-state index contributed by atoms with van der Waals surface area (Å²) in [5.74, 6) is 6.49. The predicted molar refractivity (Wildman–Crippen MR) is 114 cm³/mol. The number of benzene rings is 1. The molecule has 6 N–H and O–H groups in total. The summed E-state index contributed by atoms with van der Waals surface area (Å²) >= 11 is 0. The number of aromatic amines is 1. The molecule has 4 rings (SSSR count). The highest BCUT2D eigenvalue weighted by Crippen LogP contribution is 2.34. The Morgan fingerprint density at radius 3 is 2.83 bits per heavy atom. The predicted octanol–water partition coefficient (Wildman–Crippen LogP) is -0.600. The van der Waals surface area contributed by atoms with Crippen molar-refractivity contribution in [3.05, 3.63) is 41.3 Å².